The molecular weight excluding hydrogens is 225 g/mol. The molecule has 18 heavy (non-hydrogen) atoms. The fourth-order valence-electron chi connectivity index (χ4n) is 2.68. The van der Waals surface area contributed by atoms with E-state index in [0.29, 0.717) is 6.04 Å². The average Bonchev–Trinajstić information content (AvgIpc) is 2.31. The maximum Gasteiger partial charge on any atom is 0.123 e. The van der Waals surface area contributed by atoms with Gasteiger partial charge in [0, 0.05) is 6.04 Å². The number of aryl methyl sites for hydroxylation is 2. The standard InChI is InChI=1S/C16H26FN/c1-5-6-7-8-9-15(18-4)16-12(2)10-14(17)11-13(16)3/h10-11,15,18H,5-9H2,1-4H3. The van der Waals surface area contributed by atoms with Gasteiger partial charge in [-0.2, -0.15) is 0 Å². The van der Waals surface area contributed by atoms with Crippen molar-refractivity contribution in [3.05, 3.63) is 34.6 Å². The van der Waals surface area contributed by atoms with Gasteiger partial charge in [-0.15, -0.1) is 0 Å². The first-order valence-electron chi connectivity index (χ1n) is 7.04. The van der Waals surface area contributed by atoms with Gasteiger partial charge >= 0.3 is 0 Å². The molecule has 0 amide bonds. The Balaban J connectivity index is 2.75. The summed E-state index contributed by atoms with van der Waals surface area (Å²) in [4.78, 5) is 0. The van der Waals surface area contributed by atoms with Crippen molar-refractivity contribution in [3.63, 3.8) is 0 Å². The first kappa shape index (κ1) is 15.2. The third-order valence-corrected chi connectivity index (χ3v) is 3.60. The molecule has 1 unspecified atom stereocenters. The first-order chi connectivity index (χ1) is 8.60. The summed E-state index contributed by atoms with van der Waals surface area (Å²) in [7, 11) is 1.99. The lowest BCUT2D eigenvalue weighted by atomic mass is 9.92. The molecule has 102 valence electrons. The van der Waals surface area contributed by atoms with Crippen molar-refractivity contribution in [2.75, 3.05) is 7.05 Å². The second-order valence-electron chi connectivity index (χ2n) is 5.14. The zero-order chi connectivity index (χ0) is 13.5. The van der Waals surface area contributed by atoms with Crippen molar-refractivity contribution in [3.8, 4) is 0 Å². The normalized spacial score (nSPS) is 12.7. The van der Waals surface area contributed by atoms with Crippen molar-refractivity contribution < 1.29 is 4.39 Å². The third kappa shape index (κ3) is 4.09. The Morgan fingerprint density at radius 3 is 2.22 bits per heavy atom. The lowest BCUT2D eigenvalue weighted by Crippen LogP contribution is -2.18. The minimum absolute atomic E-state index is 0.130. The van der Waals surface area contributed by atoms with Crippen LogP contribution in [-0.4, -0.2) is 7.05 Å². The van der Waals surface area contributed by atoms with Crippen LogP contribution in [0.2, 0.25) is 0 Å². The first-order valence-corrected chi connectivity index (χ1v) is 7.04. The van der Waals surface area contributed by atoms with Gasteiger partial charge in [-0.3, -0.25) is 0 Å². The second-order valence-corrected chi connectivity index (χ2v) is 5.14. The smallest absolute Gasteiger partial charge is 0.123 e. The van der Waals surface area contributed by atoms with E-state index in [1.807, 2.05) is 20.9 Å². The Morgan fingerprint density at radius 2 is 1.72 bits per heavy atom. The van der Waals surface area contributed by atoms with Gasteiger partial charge in [0.15, 0.2) is 0 Å². The SMILES string of the molecule is CCCCCCC(NC)c1c(C)cc(F)cc1C. The molecule has 0 aromatic heterocycles. The molecule has 0 bridgehead atoms. The summed E-state index contributed by atoms with van der Waals surface area (Å²) in [6, 6.07) is 3.62. The van der Waals surface area contributed by atoms with Crippen molar-refractivity contribution in [2.24, 2.45) is 0 Å². The number of unbranched alkanes of at least 4 members (excludes halogenated alkanes) is 3. The molecule has 0 spiro atoms. The van der Waals surface area contributed by atoms with Gasteiger partial charge in [0.2, 0.25) is 0 Å². The van der Waals surface area contributed by atoms with Gasteiger partial charge in [-0.25, -0.2) is 4.39 Å². The Kier molecular flexibility index (Phi) is 6.34. The number of halogens is 1. The summed E-state index contributed by atoms with van der Waals surface area (Å²) in [5.74, 6) is -0.130. The van der Waals surface area contributed by atoms with E-state index in [9.17, 15) is 4.39 Å². The fraction of sp³-hybridized carbons (Fsp3) is 0.625. The minimum atomic E-state index is -0.130. The molecule has 0 heterocycles. The summed E-state index contributed by atoms with van der Waals surface area (Å²) >= 11 is 0. The van der Waals surface area contributed by atoms with Crippen LogP contribution in [0.3, 0.4) is 0 Å². The Hall–Kier alpha value is -0.890. The van der Waals surface area contributed by atoms with Crippen LogP contribution in [0.25, 0.3) is 0 Å². The molecular formula is C16H26FN. The molecule has 1 aromatic rings. The predicted molar refractivity (Wildman–Crippen MR) is 76.4 cm³/mol. The molecule has 1 aromatic carbocycles. The van der Waals surface area contributed by atoms with E-state index in [4.69, 9.17) is 0 Å². The Bertz CT molecular complexity index is 350. The number of benzene rings is 1. The summed E-state index contributed by atoms with van der Waals surface area (Å²) in [6.07, 6.45) is 6.21. The monoisotopic (exact) mass is 251 g/mol. The van der Waals surface area contributed by atoms with Crippen LogP contribution in [0, 0.1) is 19.7 Å². The van der Waals surface area contributed by atoms with Crippen molar-refractivity contribution >= 4 is 0 Å². The van der Waals surface area contributed by atoms with Crippen LogP contribution in [0.1, 0.15) is 61.8 Å². The summed E-state index contributed by atoms with van der Waals surface area (Å²) in [5, 5.41) is 3.37. The van der Waals surface area contributed by atoms with Crippen molar-refractivity contribution in [2.45, 2.75) is 58.9 Å². The predicted octanol–water partition coefficient (Wildman–Crippen LogP) is 4.67. The average molecular weight is 251 g/mol. The molecule has 0 fully saturated rings. The van der Waals surface area contributed by atoms with Crippen LogP contribution in [0.5, 0.6) is 0 Å². The molecule has 0 aliphatic carbocycles. The second kappa shape index (κ2) is 7.52. The van der Waals surface area contributed by atoms with Gasteiger partial charge in [0.25, 0.3) is 0 Å². The quantitative estimate of drug-likeness (QED) is 0.694. The highest BCUT2D eigenvalue weighted by atomic mass is 19.1. The van der Waals surface area contributed by atoms with Gasteiger partial charge in [-0.1, -0.05) is 32.6 Å². The highest BCUT2D eigenvalue weighted by Crippen LogP contribution is 2.27. The lowest BCUT2D eigenvalue weighted by molar-refractivity contribution is 0.500. The zero-order valence-electron chi connectivity index (χ0n) is 12.1. The number of hydrogen-bond acceptors (Lipinski definition) is 1. The van der Waals surface area contributed by atoms with Gasteiger partial charge in [0.05, 0.1) is 0 Å². The number of rotatable bonds is 7. The van der Waals surface area contributed by atoms with Crippen LogP contribution in [0.15, 0.2) is 12.1 Å². The largest absolute Gasteiger partial charge is 0.313 e. The van der Waals surface area contributed by atoms with E-state index >= 15 is 0 Å². The molecule has 0 saturated heterocycles. The minimum Gasteiger partial charge on any atom is -0.313 e. The van der Waals surface area contributed by atoms with Crippen LogP contribution in [-0.2, 0) is 0 Å². The van der Waals surface area contributed by atoms with Crippen LogP contribution in [0.4, 0.5) is 4.39 Å². The summed E-state index contributed by atoms with van der Waals surface area (Å²) < 4.78 is 13.3. The Morgan fingerprint density at radius 1 is 1.11 bits per heavy atom. The Labute approximate surface area is 111 Å². The molecule has 1 nitrogen and oxygen atoms in total. The molecule has 0 aliphatic heterocycles. The van der Waals surface area contributed by atoms with E-state index in [0.717, 1.165) is 17.5 Å². The summed E-state index contributed by atoms with van der Waals surface area (Å²) in [5.41, 5.74) is 3.39. The lowest BCUT2D eigenvalue weighted by Gasteiger charge is -2.21. The van der Waals surface area contributed by atoms with Gasteiger partial charge in [-0.05, 0) is 56.1 Å². The van der Waals surface area contributed by atoms with E-state index in [-0.39, 0.29) is 5.82 Å². The van der Waals surface area contributed by atoms with E-state index in [1.54, 1.807) is 12.1 Å². The molecule has 0 radical (unpaired) electrons. The topological polar surface area (TPSA) is 12.0 Å². The highest BCUT2D eigenvalue weighted by molar-refractivity contribution is 5.36. The maximum atomic E-state index is 13.3. The van der Waals surface area contributed by atoms with Gasteiger partial charge in [0.1, 0.15) is 5.82 Å². The maximum absolute atomic E-state index is 13.3. The fourth-order valence-corrected chi connectivity index (χ4v) is 2.68. The van der Waals surface area contributed by atoms with Crippen molar-refractivity contribution in [1.82, 2.24) is 5.32 Å². The molecule has 0 aliphatic rings. The molecule has 1 N–H and O–H groups in total. The molecule has 1 atom stereocenters. The number of nitrogens with one attached hydrogen (secondary N) is 1. The summed E-state index contributed by atoms with van der Waals surface area (Å²) in [6.45, 7) is 6.23. The molecule has 2 heteroatoms. The highest BCUT2D eigenvalue weighted by Gasteiger charge is 2.15. The van der Waals surface area contributed by atoms with E-state index in [1.165, 1.54) is 31.2 Å². The zero-order valence-corrected chi connectivity index (χ0v) is 12.1. The van der Waals surface area contributed by atoms with Gasteiger partial charge < -0.3 is 5.32 Å². The van der Waals surface area contributed by atoms with Crippen LogP contribution < -0.4 is 5.32 Å². The van der Waals surface area contributed by atoms with Crippen molar-refractivity contribution in [1.29, 1.82) is 0 Å². The van der Waals surface area contributed by atoms with Crippen LogP contribution >= 0.6 is 0 Å². The number of hydrogen-bond donors (Lipinski definition) is 1. The van der Waals surface area contributed by atoms with E-state index < -0.39 is 0 Å². The molecule has 1 rings (SSSR count). The third-order valence-electron chi connectivity index (χ3n) is 3.60. The molecule has 0 saturated carbocycles. The van der Waals surface area contributed by atoms with E-state index in [2.05, 4.69) is 12.2 Å².